The highest BCUT2D eigenvalue weighted by Crippen LogP contribution is 1.99. The maximum Gasteiger partial charge on any atom is 0.408 e. The summed E-state index contributed by atoms with van der Waals surface area (Å²) in [7, 11) is 0. The van der Waals surface area contributed by atoms with Crippen molar-refractivity contribution in [3.8, 4) is 6.07 Å². The Kier molecular flexibility index (Phi) is 8.47. The first kappa shape index (κ1) is 15.2. The van der Waals surface area contributed by atoms with Gasteiger partial charge in [0.2, 0.25) is 5.91 Å². The van der Waals surface area contributed by atoms with Gasteiger partial charge in [0.1, 0.15) is 6.04 Å². The van der Waals surface area contributed by atoms with Crippen LogP contribution in [0.1, 0.15) is 39.0 Å². The van der Waals surface area contributed by atoms with Crippen molar-refractivity contribution in [2.24, 2.45) is 5.73 Å². The van der Waals surface area contributed by atoms with Crippen molar-refractivity contribution in [2.75, 3.05) is 6.61 Å². The molecule has 1 atom stereocenters. The molecule has 0 rings (SSSR count). The predicted molar refractivity (Wildman–Crippen MR) is 61.8 cm³/mol. The molecule has 0 bridgehead atoms. The topological polar surface area (TPSA) is 105 Å². The van der Waals surface area contributed by atoms with Crippen LogP contribution in [0.3, 0.4) is 0 Å². The van der Waals surface area contributed by atoms with E-state index in [0.717, 1.165) is 25.7 Å². The van der Waals surface area contributed by atoms with E-state index in [2.05, 4.69) is 12.2 Å². The molecule has 96 valence electrons. The summed E-state index contributed by atoms with van der Waals surface area (Å²) in [6, 6.07) is 0.842. The Bertz CT molecular complexity index is 286. The average molecular weight is 241 g/mol. The van der Waals surface area contributed by atoms with Gasteiger partial charge < -0.3 is 15.8 Å². The molecule has 0 unspecified atom stereocenters. The van der Waals surface area contributed by atoms with Crippen molar-refractivity contribution in [1.82, 2.24) is 5.32 Å². The SMILES string of the molecule is CCCCCCOC(=O)N[C@@H](C#N)CC(N)=O. The molecule has 0 aliphatic heterocycles. The van der Waals surface area contributed by atoms with Crippen molar-refractivity contribution >= 4 is 12.0 Å². The highest BCUT2D eigenvalue weighted by Gasteiger charge is 2.14. The van der Waals surface area contributed by atoms with Gasteiger partial charge in [-0.25, -0.2) is 4.79 Å². The third-order valence-corrected chi connectivity index (χ3v) is 2.08. The minimum atomic E-state index is -0.921. The number of carbonyl (C=O) groups is 2. The first-order chi connectivity index (χ1) is 8.10. The molecule has 2 amide bonds. The molecule has 0 aromatic rings. The van der Waals surface area contributed by atoms with Crippen LogP contribution in [-0.2, 0) is 9.53 Å². The fourth-order valence-corrected chi connectivity index (χ4v) is 1.21. The third-order valence-electron chi connectivity index (χ3n) is 2.08. The van der Waals surface area contributed by atoms with E-state index in [1.807, 2.05) is 0 Å². The second-order valence-corrected chi connectivity index (χ2v) is 3.69. The van der Waals surface area contributed by atoms with Crippen LogP contribution in [0.25, 0.3) is 0 Å². The summed E-state index contributed by atoms with van der Waals surface area (Å²) in [4.78, 5) is 21.8. The zero-order valence-corrected chi connectivity index (χ0v) is 10.1. The number of rotatable bonds is 8. The van der Waals surface area contributed by atoms with Crippen LogP contribution < -0.4 is 11.1 Å². The van der Waals surface area contributed by atoms with Gasteiger partial charge in [0.05, 0.1) is 19.1 Å². The Morgan fingerprint density at radius 3 is 2.65 bits per heavy atom. The molecular formula is C11H19N3O3. The molecule has 0 fully saturated rings. The van der Waals surface area contributed by atoms with Crippen molar-refractivity contribution < 1.29 is 14.3 Å². The van der Waals surface area contributed by atoms with Crippen LogP contribution in [-0.4, -0.2) is 24.6 Å². The van der Waals surface area contributed by atoms with Gasteiger partial charge in [0, 0.05) is 0 Å². The van der Waals surface area contributed by atoms with Gasteiger partial charge in [-0.2, -0.15) is 5.26 Å². The van der Waals surface area contributed by atoms with Gasteiger partial charge in [-0.05, 0) is 6.42 Å². The zero-order chi connectivity index (χ0) is 13.1. The van der Waals surface area contributed by atoms with Crippen molar-refractivity contribution in [2.45, 2.75) is 45.1 Å². The number of primary amides is 1. The number of nitrogens with two attached hydrogens (primary N) is 1. The van der Waals surface area contributed by atoms with Crippen LogP contribution in [0.5, 0.6) is 0 Å². The summed E-state index contributed by atoms with van der Waals surface area (Å²) in [5, 5.41) is 10.9. The minimum absolute atomic E-state index is 0.207. The lowest BCUT2D eigenvalue weighted by molar-refractivity contribution is -0.118. The first-order valence-corrected chi connectivity index (χ1v) is 5.71. The zero-order valence-electron chi connectivity index (χ0n) is 10.1. The number of hydrogen-bond donors (Lipinski definition) is 2. The van der Waals surface area contributed by atoms with E-state index >= 15 is 0 Å². The van der Waals surface area contributed by atoms with Crippen LogP contribution in [0.2, 0.25) is 0 Å². The number of unbranched alkanes of at least 4 members (excludes halogenated alkanes) is 3. The summed E-state index contributed by atoms with van der Waals surface area (Å²) < 4.78 is 4.85. The second kappa shape index (κ2) is 9.46. The number of nitrogens with zero attached hydrogens (tertiary/aromatic N) is 1. The summed E-state index contributed by atoms with van der Waals surface area (Å²) in [5.74, 6) is -0.639. The number of nitrogens with one attached hydrogen (secondary N) is 1. The Morgan fingerprint density at radius 2 is 2.12 bits per heavy atom. The lowest BCUT2D eigenvalue weighted by atomic mass is 10.2. The summed E-state index contributed by atoms with van der Waals surface area (Å²) in [5.41, 5.74) is 4.92. The molecule has 0 heterocycles. The van der Waals surface area contributed by atoms with E-state index < -0.39 is 18.0 Å². The van der Waals surface area contributed by atoms with Gasteiger partial charge in [-0.1, -0.05) is 26.2 Å². The van der Waals surface area contributed by atoms with Crippen LogP contribution in [0, 0.1) is 11.3 Å². The molecule has 0 radical (unpaired) electrons. The highest BCUT2D eigenvalue weighted by atomic mass is 16.5. The predicted octanol–water partition coefficient (Wildman–Crippen LogP) is 1.06. The molecule has 6 nitrogen and oxygen atoms in total. The van der Waals surface area contributed by atoms with E-state index in [-0.39, 0.29) is 6.42 Å². The van der Waals surface area contributed by atoms with Crippen molar-refractivity contribution in [3.05, 3.63) is 0 Å². The summed E-state index contributed by atoms with van der Waals surface area (Å²) >= 11 is 0. The Balaban J connectivity index is 3.69. The normalized spacial score (nSPS) is 11.3. The Hall–Kier alpha value is -1.77. The van der Waals surface area contributed by atoms with Gasteiger partial charge in [0.15, 0.2) is 0 Å². The fraction of sp³-hybridized carbons (Fsp3) is 0.727. The molecule has 0 aliphatic rings. The van der Waals surface area contributed by atoms with Crippen LogP contribution in [0.4, 0.5) is 4.79 Å². The van der Waals surface area contributed by atoms with Gasteiger partial charge >= 0.3 is 6.09 Å². The summed E-state index contributed by atoms with van der Waals surface area (Å²) in [6.45, 7) is 2.41. The maximum absolute atomic E-state index is 11.2. The molecule has 17 heavy (non-hydrogen) atoms. The van der Waals surface area contributed by atoms with E-state index in [1.54, 1.807) is 6.07 Å². The summed E-state index contributed by atoms with van der Waals surface area (Å²) in [6.07, 6.45) is 3.13. The van der Waals surface area contributed by atoms with Crippen molar-refractivity contribution in [3.63, 3.8) is 0 Å². The first-order valence-electron chi connectivity index (χ1n) is 5.71. The van der Waals surface area contributed by atoms with Gasteiger partial charge in [-0.15, -0.1) is 0 Å². The third kappa shape index (κ3) is 9.18. The molecule has 0 spiro atoms. The van der Waals surface area contributed by atoms with E-state index in [4.69, 9.17) is 15.7 Å². The monoisotopic (exact) mass is 241 g/mol. The number of hydrogen-bond acceptors (Lipinski definition) is 4. The lowest BCUT2D eigenvalue weighted by Gasteiger charge is -2.10. The number of ether oxygens (including phenoxy) is 1. The molecule has 0 aromatic heterocycles. The average Bonchev–Trinajstić information content (AvgIpc) is 2.27. The standard InChI is InChI=1S/C11H19N3O3/c1-2-3-4-5-6-17-11(16)14-9(8-12)7-10(13)15/h9H,2-7H2,1H3,(H2,13,15)(H,14,16)/t9-/m1/s1. The van der Waals surface area contributed by atoms with Gasteiger partial charge in [0.25, 0.3) is 0 Å². The fourth-order valence-electron chi connectivity index (χ4n) is 1.21. The maximum atomic E-state index is 11.2. The largest absolute Gasteiger partial charge is 0.450 e. The molecule has 0 aliphatic carbocycles. The Labute approximate surface area is 101 Å². The molecular weight excluding hydrogens is 222 g/mol. The van der Waals surface area contributed by atoms with E-state index in [1.165, 1.54) is 0 Å². The number of nitriles is 1. The molecule has 0 saturated carbocycles. The molecule has 0 aromatic carbocycles. The molecule has 3 N–H and O–H groups in total. The number of carbonyl (C=O) groups excluding carboxylic acids is 2. The molecule has 0 saturated heterocycles. The van der Waals surface area contributed by atoms with E-state index in [9.17, 15) is 9.59 Å². The highest BCUT2D eigenvalue weighted by molar-refractivity contribution is 5.76. The number of alkyl carbamates (subject to hydrolysis) is 1. The minimum Gasteiger partial charge on any atom is -0.450 e. The quantitative estimate of drug-likeness (QED) is 0.620. The van der Waals surface area contributed by atoms with Gasteiger partial charge in [-0.3, -0.25) is 4.79 Å². The van der Waals surface area contributed by atoms with Crippen molar-refractivity contribution in [1.29, 1.82) is 5.26 Å². The van der Waals surface area contributed by atoms with Crippen LogP contribution in [0.15, 0.2) is 0 Å². The Morgan fingerprint density at radius 1 is 1.41 bits per heavy atom. The van der Waals surface area contributed by atoms with E-state index in [0.29, 0.717) is 6.61 Å². The smallest absolute Gasteiger partial charge is 0.408 e. The second-order valence-electron chi connectivity index (χ2n) is 3.69. The van der Waals surface area contributed by atoms with Crippen LogP contribution >= 0.6 is 0 Å². The molecule has 6 heteroatoms. The number of amides is 2. The lowest BCUT2D eigenvalue weighted by Crippen LogP contribution is -2.37.